The molecule has 1 atom stereocenters. The third kappa shape index (κ3) is 2.91. The molecule has 1 aromatic rings. The summed E-state index contributed by atoms with van der Waals surface area (Å²) in [5, 5.41) is 2.97. The summed E-state index contributed by atoms with van der Waals surface area (Å²) in [6, 6.07) is 4.67. The highest BCUT2D eigenvalue weighted by molar-refractivity contribution is 6.31. The summed E-state index contributed by atoms with van der Waals surface area (Å²) in [5.74, 6) is -1.53. The zero-order chi connectivity index (χ0) is 14.9. The molecular weight excluding hydrogens is 282 g/mol. The lowest BCUT2D eigenvalue weighted by molar-refractivity contribution is -0.142. The van der Waals surface area contributed by atoms with Crippen LogP contribution in [0.3, 0.4) is 0 Å². The lowest BCUT2D eigenvalue weighted by Crippen LogP contribution is -2.37. The van der Waals surface area contributed by atoms with Crippen molar-refractivity contribution >= 4 is 40.7 Å². The van der Waals surface area contributed by atoms with Gasteiger partial charge in [-0.05, 0) is 18.2 Å². The fourth-order valence-electron chi connectivity index (χ4n) is 1.98. The molecule has 1 aliphatic heterocycles. The Balaban J connectivity index is 2.04. The molecule has 20 heavy (non-hydrogen) atoms. The first-order valence-corrected chi connectivity index (χ1v) is 6.45. The van der Waals surface area contributed by atoms with Gasteiger partial charge in [0, 0.05) is 17.4 Å². The van der Waals surface area contributed by atoms with Gasteiger partial charge >= 0.3 is 0 Å². The van der Waals surface area contributed by atoms with Gasteiger partial charge in [-0.25, -0.2) is 0 Å². The molecule has 2 rings (SSSR count). The maximum absolute atomic E-state index is 11.9. The number of nitrogen functional groups attached to an aromatic ring is 1. The van der Waals surface area contributed by atoms with Crippen molar-refractivity contribution in [3.05, 3.63) is 23.2 Å². The van der Waals surface area contributed by atoms with Crippen molar-refractivity contribution in [2.24, 2.45) is 5.92 Å². The summed E-state index contributed by atoms with van der Waals surface area (Å²) in [6.45, 7) is 1.35. The van der Waals surface area contributed by atoms with Crippen molar-refractivity contribution in [3.8, 4) is 0 Å². The van der Waals surface area contributed by atoms with E-state index >= 15 is 0 Å². The fourth-order valence-corrected chi connectivity index (χ4v) is 2.16. The molecule has 0 radical (unpaired) electrons. The fraction of sp³-hybridized carbons (Fsp3) is 0.308. The molecule has 1 aliphatic rings. The van der Waals surface area contributed by atoms with Crippen molar-refractivity contribution in [1.29, 1.82) is 0 Å². The summed E-state index contributed by atoms with van der Waals surface area (Å²) >= 11 is 5.81. The van der Waals surface area contributed by atoms with Crippen LogP contribution < -0.4 is 11.1 Å². The van der Waals surface area contributed by atoms with Crippen LogP contribution in [-0.2, 0) is 14.4 Å². The molecule has 7 heteroatoms. The van der Waals surface area contributed by atoms with Crippen LogP contribution in [0.4, 0.5) is 11.4 Å². The number of nitrogens with zero attached hydrogens (tertiary/aromatic N) is 1. The number of carbonyl (C=O) groups excluding carboxylic acids is 3. The van der Waals surface area contributed by atoms with Crippen LogP contribution in [0.1, 0.15) is 13.3 Å². The van der Waals surface area contributed by atoms with E-state index in [0.717, 1.165) is 4.90 Å². The molecule has 3 N–H and O–H groups in total. The molecule has 6 nitrogen and oxygen atoms in total. The molecule has 1 heterocycles. The molecule has 0 spiro atoms. The minimum atomic E-state index is -0.491. The number of imide groups is 1. The second kappa shape index (κ2) is 5.50. The van der Waals surface area contributed by atoms with Crippen LogP contribution in [0, 0.1) is 5.92 Å². The number of amides is 3. The van der Waals surface area contributed by atoms with Crippen LogP contribution in [0.2, 0.25) is 5.02 Å². The van der Waals surface area contributed by atoms with E-state index in [0.29, 0.717) is 16.4 Å². The molecular formula is C13H14ClN3O3. The van der Waals surface area contributed by atoms with E-state index in [1.807, 2.05) is 0 Å². The summed E-state index contributed by atoms with van der Waals surface area (Å²) in [7, 11) is 0. The number of hydrogen-bond acceptors (Lipinski definition) is 4. The first-order valence-electron chi connectivity index (χ1n) is 6.07. The minimum absolute atomic E-state index is 0.144. The smallest absolute Gasteiger partial charge is 0.244 e. The largest absolute Gasteiger partial charge is 0.397 e. The average molecular weight is 296 g/mol. The lowest BCUT2D eigenvalue weighted by atomic mass is 10.1. The van der Waals surface area contributed by atoms with Crippen molar-refractivity contribution in [3.63, 3.8) is 0 Å². The quantitative estimate of drug-likeness (QED) is 0.648. The Morgan fingerprint density at radius 3 is 2.80 bits per heavy atom. The average Bonchev–Trinajstić information content (AvgIpc) is 2.61. The van der Waals surface area contributed by atoms with Gasteiger partial charge in [0.05, 0.1) is 11.4 Å². The maximum atomic E-state index is 11.9. The number of nitrogens with one attached hydrogen (secondary N) is 1. The van der Waals surface area contributed by atoms with Crippen LogP contribution in [0.25, 0.3) is 0 Å². The Morgan fingerprint density at radius 2 is 2.20 bits per heavy atom. The molecule has 0 aliphatic carbocycles. The third-order valence-corrected chi connectivity index (χ3v) is 3.30. The van der Waals surface area contributed by atoms with Gasteiger partial charge in [-0.1, -0.05) is 18.5 Å². The summed E-state index contributed by atoms with van der Waals surface area (Å²) < 4.78 is 0. The van der Waals surface area contributed by atoms with Gasteiger partial charge in [0.1, 0.15) is 6.54 Å². The SMILES string of the molecule is CC1CC(=O)N(CC(=O)Nc2cc(Cl)ccc2N)C1=O. The number of anilines is 2. The van der Waals surface area contributed by atoms with Gasteiger partial charge in [0.15, 0.2) is 0 Å². The Kier molecular flexibility index (Phi) is 3.94. The zero-order valence-corrected chi connectivity index (χ0v) is 11.6. The first kappa shape index (κ1) is 14.3. The molecule has 0 saturated carbocycles. The van der Waals surface area contributed by atoms with E-state index < -0.39 is 5.91 Å². The highest BCUT2D eigenvalue weighted by Crippen LogP contribution is 2.23. The van der Waals surface area contributed by atoms with Gasteiger partial charge in [-0.2, -0.15) is 0 Å². The van der Waals surface area contributed by atoms with E-state index in [4.69, 9.17) is 17.3 Å². The van der Waals surface area contributed by atoms with E-state index in [2.05, 4.69) is 5.32 Å². The number of carbonyl (C=O) groups is 3. The van der Waals surface area contributed by atoms with Crippen molar-refractivity contribution < 1.29 is 14.4 Å². The number of halogens is 1. The van der Waals surface area contributed by atoms with E-state index in [9.17, 15) is 14.4 Å². The first-order chi connectivity index (χ1) is 9.38. The van der Waals surface area contributed by atoms with E-state index in [1.165, 1.54) is 6.07 Å². The van der Waals surface area contributed by atoms with Crippen LogP contribution in [-0.4, -0.2) is 29.2 Å². The predicted octanol–water partition coefficient (Wildman–Crippen LogP) is 1.26. The third-order valence-electron chi connectivity index (χ3n) is 3.06. The monoisotopic (exact) mass is 295 g/mol. The summed E-state index contributed by atoms with van der Waals surface area (Å²) in [6.07, 6.45) is 0.144. The van der Waals surface area contributed by atoms with E-state index in [-0.39, 0.29) is 30.7 Å². The van der Waals surface area contributed by atoms with Gasteiger partial charge in [-0.3, -0.25) is 19.3 Å². The molecule has 1 fully saturated rings. The number of nitrogens with two attached hydrogens (primary N) is 1. The highest BCUT2D eigenvalue weighted by Gasteiger charge is 2.36. The number of hydrogen-bond donors (Lipinski definition) is 2. The molecule has 3 amide bonds. The molecule has 1 unspecified atom stereocenters. The standard InChI is InChI=1S/C13H14ClN3O3/c1-7-4-12(19)17(13(7)20)6-11(18)16-10-5-8(14)2-3-9(10)15/h2-3,5,7H,4,6,15H2,1H3,(H,16,18). The second-order valence-corrected chi connectivity index (χ2v) is 5.14. The normalized spacial score (nSPS) is 18.5. The van der Waals surface area contributed by atoms with Crippen LogP contribution >= 0.6 is 11.6 Å². The van der Waals surface area contributed by atoms with Crippen molar-refractivity contribution in [2.45, 2.75) is 13.3 Å². The molecule has 0 aromatic heterocycles. The van der Waals surface area contributed by atoms with Crippen molar-refractivity contribution in [2.75, 3.05) is 17.6 Å². The second-order valence-electron chi connectivity index (χ2n) is 4.70. The number of rotatable bonds is 3. The Hall–Kier alpha value is -2.08. The predicted molar refractivity (Wildman–Crippen MR) is 75.0 cm³/mol. The highest BCUT2D eigenvalue weighted by atomic mass is 35.5. The van der Waals surface area contributed by atoms with Gasteiger partial charge < -0.3 is 11.1 Å². The Bertz CT molecular complexity index is 588. The Labute approximate surface area is 120 Å². The molecule has 1 saturated heterocycles. The minimum Gasteiger partial charge on any atom is -0.397 e. The number of likely N-dealkylation sites (tertiary alicyclic amines) is 1. The topological polar surface area (TPSA) is 92.5 Å². The van der Waals surface area contributed by atoms with Gasteiger partial charge in [-0.15, -0.1) is 0 Å². The molecule has 1 aromatic carbocycles. The molecule has 0 bridgehead atoms. The van der Waals surface area contributed by atoms with Gasteiger partial charge in [0.25, 0.3) is 0 Å². The van der Waals surface area contributed by atoms with Crippen LogP contribution in [0.15, 0.2) is 18.2 Å². The van der Waals surface area contributed by atoms with E-state index in [1.54, 1.807) is 19.1 Å². The molecule has 106 valence electrons. The van der Waals surface area contributed by atoms with Crippen LogP contribution in [0.5, 0.6) is 0 Å². The summed E-state index contributed by atoms with van der Waals surface area (Å²) in [5.41, 5.74) is 6.41. The summed E-state index contributed by atoms with van der Waals surface area (Å²) in [4.78, 5) is 36.1. The van der Waals surface area contributed by atoms with Crippen molar-refractivity contribution in [1.82, 2.24) is 4.90 Å². The number of benzene rings is 1. The van der Waals surface area contributed by atoms with Gasteiger partial charge in [0.2, 0.25) is 17.7 Å². The Morgan fingerprint density at radius 1 is 1.50 bits per heavy atom. The maximum Gasteiger partial charge on any atom is 0.244 e. The lowest BCUT2D eigenvalue weighted by Gasteiger charge is -2.15. The zero-order valence-electron chi connectivity index (χ0n) is 10.9.